The van der Waals surface area contributed by atoms with Gasteiger partial charge in [0.25, 0.3) is 0 Å². The Balaban J connectivity index is 2.65. The van der Waals surface area contributed by atoms with E-state index >= 15 is 0 Å². The van der Waals surface area contributed by atoms with Crippen LogP contribution in [0.25, 0.3) is 0 Å². The molecule has 1 atom stereocenters. The van der Waals surface area contributed by atoms with Gasteiger partial charge in [-0.05, 0) is 31.0 Å². The number of methoxy groups -OCH3 is 2. The molecule has 0 fully saturated rings. The van der Waals surface area contributed by atoms with E-state index in [1.54, 1.807) is 14.2 Å². The van der Waals surface area contributed by atoms with Crippen LogP contribution in [0.15, 0.2) is 23.5 Å². The van der Waals surface area contributed by atoms with Crippen molar-refractivity contribution < 1.29 is 9.47 Å². The maximum Gasteiger partial charge on any atom is 0.125 e. The number of rotatable bonds is 4. The Bertz CT molecular complexity index is 221. The zero-order valence-corrected chi connectivity index (χ0v) is 8.25. The van der Waals surface area contributed by atoms with E-state index < -0.39 is 0 Å². The van der Waals surface area contributed by atoms with Gasteiger partial charge in [0, 0.05) is 7.11 Å². The fourth-order valence-corrected chi connectivity index (χ4v) is 1.45. The first-order valence-corrected chi connectivity index (χ1v) is 4.49. The van der Waals surface area contributed by atoms with Crippen molar-refractivity contribution in [1.82, 2.24) is 0 Å². The van der Waals surface area contributed by atoms with Gasteiger partial charge in [-0.2, -0.15) is 0 Å². The average Bonchev–Trinajstić information content (AvgIpc) is 2.18. The smallest absolute Gasteiger partial charge is 0.125 e. The number of nitrogens with two attached hydrogens (primary N) is 1. The van der Waals surface area contributed by atoms with Crippen LogP contribution >= 0.6 is 0 Å². The van der Waals surface area contributed by atoms with Gasteiger partial charge in [-0.25, -0.2) is 0 Å². The molecule has 3 nitrogen and oxygen atoms in total. The minimum Gasteiger partial charge on any atom is -0.498 e. The molecule has 0 amide bonds. The predicted octanol–water partition coefficient (Wildman–Crippen LogP) is 1.21. The molecule has 0 aromatic rings. The van der Waals surface area contributed by atoms with Gasteiger partial charge in [-0.1, -0.05) is 6.08 Å². The predicted molar refractivity (Wildman–Crippen MR) is 52.3 cm³/mol. The van der Waals surface area contributed by atoms with E-state index in [1.807, 2.05) is 6.08 Å². The summed E-state index contributed by atoms with van der Waals surface area (Å²) in [6.45, 7) is 0.678. The van der Waals surface area contributed by atoms with E-state index in [1.165, 1.54) is 5.57 Å². The lowest BCUT2D eigenvalue weighted by Crippen LogP contribution is -2.18. The van der Waals surface area contributed by atoms with Crippen molar-refractivity contribution in [2.75, 3.05) is 20.8 Å². The molecule has 0 heterocycles. The highest BCUT2D eigenvalue weighted by Crippen LogP contribution is 2.22. The molecule has 0 bridgehead atoms. The summed E-state index contributed by atoms with van der Waals surface area (Å²) in [5.41, 5.74) is 6.71. The largest absolute Gasteiger partial charge is 0.498 e. The molecule has 1 aliphatic rings. The van der Waals surface area contributed by atoms with Gasteiger partial charge < -0.3 is 15.2 Å². The van der Waals surface area contributed by atoms with Crippen LogP contribution in [-0.2, 0) is 9.47 Å². The van der Waals surface area contributed by atoms with E-state index in [0.717, 1.165) is 18.6 Å². The number of allylic oxidation sites excluding steroid dienone is 1. The molecular formula is C10H17NO2. The van der Waals surface area contributed by atoms with Crippen LogP contribution in [0.1, 0.15) is 12.8 Å². The van der Waals surface area contributed by atoms with Crippen LogP contribution in [0.5, 0.6) is 0 Å². The van der Waals surface area contributed by atoms with Gasteiger partial charge in [-0.15, -0.1) is 0 Å². The van der Waals surface area contributed by atoms with Crippen molar-refractivity contribution in [1.29, 1.82) is 0 Å². The standard InChI is InChI=1S/C10H17NO2/c1-12-9-4-3-8(5-6-11)7-10(9)13-2/h3,7,9H,4-6,11H2,1-2H3. The Labute approximate surface area is 79.2 Å². The quantitative estimate of drug-likeness (QED) is 0.712. The van der Waals surface area contributed by atoms with Crippen LogP contribution in [0.2, 0.25) is 0 Å². The molecule has 0 radical (unpaired) electrons. The summed E-state index contributed by atoms with van der Waals surface area (Å²) in [4.78, 5) is 0. The molecule has 3 heteroatoms. The van der Waals surface area contributed by atoms with Crippen LogP contribution in [0.3, 0.4) is 0 Å². The summed E-state index contributed by atoms with van der Waals surface area (Å²) >= 11 is 0. The van der Waals surface area contributed by atoms with Crippen molar-refractivity contribution in [3.63, 3.8) is 0 Å². The maximum atomic E-state index is 5.47. The highest BCUT2D eigenvalue weighted by atomic mass is 16.5. The first kappa shape index (κ1) is 10.3. The molecule has 0 aromatic carbocycles. The van der Waals surface area contributed by atoms with Gasteiger partial charge in [0.2, 0.25) is 0 Å². The molecule has 0 spiro atoms. The van der Waals surface area contributed by atoms with E-state index in [2.05, 4.69) is 6.08 Å². The van der Waals surface area contributed by atoms with Crippen molar-refractivity contribution in [3.8, 4) is 0 Å². The molecule has 0 saturated carbocycles. The van der Waals surface area contributed by atoms with Crippen LogP contribution in [0.4, 0.5) is 0 Å². The lowest BCUT2D eigenvalue weighted by atomic mass is 10.0. The summed E-state index contributed by atoms with van der Waals surface area (Å²) in [5.74, 6) is 0.897. The third-order valence-corrected chi connectivity index (χ3v) is 2.19. The summed E-state index contributed by atoms with van der Waals surface area (Å²) in [6.07, 6.45) is 6.04. The Hall–Kier alpha value is -0.800. The van der Waals surface area contributed by atoms with Crippen molar-refractivity contribution in [2.45, 2.75) is 18.9 Å². The minimum atomic E-state index is 0.0755. The zero-order chi connectivity index (χ0) is 9.68. The van der Waals surface area contributed by atoms with E-state index in [0.29, 0.717) is 6.54 Å². The van der Waals surface area contributed by atoms with Gasteiger partial charge in [0.1, 0.15) is 11.9 Å². The molecule has 74 valence electrons. The fraction of sp³-hybridized carbons (Fsp3) is 0.600. The average molecular weight is 183 g/mol. The van der Waals surface area contributed by atoms with Gasteiger partial charge >= 0.3 is 0 Å². The molecular weight excluding hydrogens is 166 g/mol. The summed E-state index contributed by atoms with van der Waals surface area (Å²) < 4.78 is 10.5. The SMILES string of the molecule is COC1=CC(CCN)=CCC1OC. The van der Waals surface area contributed by atoms with Crippen molar-refractivity contribution in [3.05, 3.63) is 23.5 Å². The second-order valence-corrected chi connectivity index (χ2v) is 3.03. The topological polar surface area (TPSA) is 44.5 Å². The highest BCUT2D eigenvalue weighted by molar-refractivity contribution is 5.28. The Morgan fingerprint density at radius 3 is 2.85 bits per heavy atom. The van der Waals surface area contributed by atoms with Crippen LogP contribution < -0.4 is 5.73 Å². The minimum absolute atomic E-state index is 0.0755. The summed E-state index contributed by atoms with van der Waals surface area (Å²) in [7, 11) is 3.36. The lowest BCUT2D eigenvalue weighted by molar-refractivity contribution is 0.0789. The molecule has 0 saturated heterocycles. The number of hydrogen-bond donors (Lipinski definition) is 1. The molecule has 1 rings (SSSR count). The Kier molecular flexibility index (Phi) is 3.99. The fourth-order valence-electron chi connectivity index (χ4n) is 1.45. The summed E-state index contributed by atoms with van der Waals surface area (Å²) in [5, 5.41) is 0. The third-order valence-electron chi connectivity index (χ3n) is 2.19. The molecule has 1 aliphatic carbocycles. The van der Waals surface area contributed by atoms with E-state index in [4.69, 9.17) is 15.2 Å². The number of ether oxygens (including phenoxy) is 2. The van der Waals surface area contributed by atoms with Crippen LogP contribution in [0, 0.1) is 0 Å². The maximum absolute atomic E-state index is 5.47. The van der Waals surface area contributed by atoms with Crippen molar-refractivity contribution >= 4 is 0 Å². The van der Waals surface area contributed by atoms with E-state index in [9.17, 15) is 0 Å². The first-order chi connectivity index (χ1) is 6.31. The number of hydrogen-bond acceptors (Lipinski definition) is 3. The van der Waals surface area contributed by atoms with Gasteiger partial charge in [0.15, 0.2) is 0 Å². The molecule has 1 unspecified atom stereocenters. The Morgan fingerprint density at radius 1 is 1.54 bits per heavy atom. The zero-order valence-electron chi connectivity index (χ0n) is 8.25. The molecule has 0 aliphatic heterocycles. The normalized spacial score (nSPS) is 22.2. The van der Waals surface area contributed by atoms with Crippen LogP contribution in [-0.4, -0.2) is 26.9 Å². The van der Waals surface area contributed by atoms with E-state index in [-0.39, 0.29) is 6.10 Å². The highest BCUT2D eigenvalue weighted by Gasteiger charge is 2.17. The third kappa shape index (κ3) is 2.57. The monoisotopic (exact) mass is 183 g/mol. The van der Waals surface area contributed by atoms with Gasteiger partial charge in [-0.3, -0.25) is 0 Å². The van der Waals surface area contributed by atoms with Crippen molar-refractivity contribution in [2.24, 2.45) is 5.73 Å². The second kappa shape index (κ2) is 5.04. The van der Waals surface area contributed by atoms with Gasteiger partial charge in [0.05, 0.1) is 7.11 Å². The second-order valence-electron chi connectivity index (χ2n) is 3.03. The lowest BCUT2D eigenvalue weighted by Gasteiger charge is -2.21. The summed E-state index contributed by atoms with van der Waals surface area (Å²) in [6, 6.07) is 0. The first-order valence-electron chi connectivity index (χ1n) is 4.49. The molecule has 2 N–H and O–H groups in total. The Morgan fingerprint density at radius 2 is 2.31 bits per heavy atom. The molecule has 13 heavy (non-hydrogen) atoms. The molecule has 0 aromatic heterocycles.